The second-order valence-corrected chi connectivity index (χ2v) is 7.82. The molecule has 1 aromatic carbocycles. The van der Waals surface area contributed by atoms with Crippen LogP contribution in [-0.2, 0) is 19.0 Å². The van der Waals surface area contributed by atoms with E-state index in [4.69, 9.17) is 18.9 Å². The van der Waals surface area contributed by atoms with Gasteiger partial charge in [-0.05, 0) is 51.3 Å². The number of rotatable bonds is 11. The lowest BCUT2D eigenvalue weighted by Crippen LogP contribution is -2.45. The Hall–Kier alpha value is -2.32. The van der Waals surface area contributed by atoms with Gasteiger partial charge < -0.3 is 29.0 Å². The maximum absolute atomic E-state index is 12.3. The molecule has 168 valence electrons. The number of amides is 1. The summed E-state index contributed by atoms with van der Waals surface area (Å²) in [6.07, 6.45) is 0.0953. The summed E-state index contributed by atoms with van der Waals surface area (Å²) in [4.78, 5) is 24.6. The van der Waals surface area contributed by atoms with E-state index in [9.17, 15) is 14.7 Å². The molecular formula is C22H33NO7. The highest BCUT2D eigenvalue weighted by Crippen LogP contribution is 2.31. The molecule has 0 heterocycles. The summed E-state index contributed by atoms with van der Waals surface area (Å²) >= 11 is 0. The molecule has 0 bridgehead atoms. The van der Waals surface area contributed by atoms with Crippen LogP contribution in [0.4, 0.5) is 4.79 Å². The zero-order valence-corrected chi connectivity index (χ0v) is 18.4. The molecule has 8 nitrogen and oxygen atoms in total. The van der Waals surface area contributed by atoms with Crippen molar-refractivity contribution in [3.8, 4) is 5.75 Å². The van der Waals surface area contributed by atoms with Crippen LogP contribution in [0.15, 0.2) is 24.3 Å². The number of carbonyl (C=O) groups is 2. The molecule has 3 atom stereocenters. The van der Waals surface area contributed by atoms with Gasteiger partial charge in [0.15, 0.2) is 0 Å². The Morgan fingerprint density at radius 3 is 2.27 bits per heavy atom. The van der Waals surface area contributed by atoms with Gasteiger partial charge in [0.1, 0.15) is 18.5 Å². The summed E-state index contributed by atoms with van der Waals surface area (Å²) in [7, 11) is 0. The smallest absolute Gasteiger partial charge is 0.413 e. The minimum atomic E-state index is -1.01. The summed E-state index contributed by atoms with van der Waals surface area (Å²) in [5.41, 5.74) is 1.07. The van der Waals surface area contributed by atoms with E-state index >= 15 is 0 Å². The molecule has 0 radical (unpaired) electrons. The highest BCUT2D eigenvalue weighted by molar-refractivity contribution is 5.69. The normalized spacial score (nSPS) is 16.5. The number of nitrogens with zero attached hydrogens (tertiary/aromatic N) is 1. The number of aliphatic hydroxyl groups is 1. The van der Waals surface area contributed by atoms with Gasteiger partial charge in [0.25, 0.3) is 0 Å². The highest BCUT2D eigenvalue weighted by Gasteiger charge is 2.26. The first-order chi connectivity index (χ1) is 14.2. The minimum absolute atomic E-state index is 0.0173. The Labute approximate surface area is 178 Å². The maximum Gasteiger partial charge on any atom is 0.413 e. The van der Waals surface area contributed by atoms with E-state index in [1.165, 1.54) is 18.7 Å². The first-order valence-corrected chi connectivity index (χ1v) is 10.4. The summed E-state index contributed by atoms with van der Waals surface area (Å²) in [5.74, 6) is 0.0814. The molecule has 2 rings (SSSR count). The fraction of sp³-hybridized carbons (Fsp3) is 0.636. The third kappa shape index (κ3) is 8.20. The second kappa shape index (κ2) is 11.2. The summed E-state index contributed by atoms with van der Waals surface area (Å²) < 4.78 is 21.4. The van der Waals surface area contributed by atoms with E-state index in [2.05, 4.69) is 0 Å². The zero-order valence-electron chi connectivity index (χ0n) is 18.4. The van der Waals surface area contributed by atoms with Gasteiger partial charge >= 0.3 is 12.1 Å². The average Bonchev–Trinajstić information content (AvgIpc) is 3.47. The molecule has 30 heavy (non-hydrogen) atoms. The van der Waals surface area contributed by atoms with Gasteiger partial charge in [-0.25, -0.2) is 4.79 Å². The van der Waals surface area contributed by atoms with Crippen LogP contribution in [0, 0.1) is 0 Å². The predicted molar refractivity (Wildman–Crippen MR) is 110 cm³/mol. The monoisotopic (exact) mass is 423 g/mol. The number of aliphatic hydroxyl groups excluding tert-OH is 1. The second-order valence-electron chi connectivity index (χ2n) is 7.82. The van der Waals surface area contributed by atoms with E-state index in [-0.39, 0.29) is 25.3 Å². The Kier molecular flexibility index (Phi) is 8.92. The Balaban J connectivity index is 1.81. The zero-order chi connectivity index (χ0) is 22.3. The Morgan fingerprint density at radius 1 is 1.10 bits per heavy atom. The van der Waals surface area contributed by atoms with Crippen molar-refractivity contribution in [2.24, 2.45) is 0 Å². The first kappa shape index (κ1) is 24.0. The van der Waals surface area contributed by atoms with Gasteiger partial charge in [-0.3, -0.25) is 4.79 Å². The molecule has 1 N–H and O–H groups in total. The molecular weight excluding hydrogens is 390 g/mol. The predicted octanol–water partition coefficient (Wildman–Crippen LogP) is 3.42. The van der Waals surface area contributed by atoms with Crippen molar-refractivity contribution >= 4 is 12.1 Å². The molecule has 8 heteroatoms. The minimum Gasteiger partial charge on any atom is -0.491 e. The summed E-state index contributed by atoms with van der Waals surface area (Å²) in [5, 5.41) is 10.3. The first-order valence-electron chi connectivity index (χ1n) is 10.4. The van der Waals surface area contributed by atoms with Crippen LogP contribution in [0.25, 0.3) is 0 Å². The van der Waals surface area contributed by atoms with E-state index in [0.29, 0.717) is 11.9 Å². The molecule has 1 aliphatic carbocycles. The number of esters is 1. The maximum atomic E-state index is 12.3. The van der Waals surface area contributed by atoms with Crippen molar-refractivity contribution in [2.45, 2.75) is 78.1 Å². The average molecular weight is 424 g/mol. The van der Waals surface area contributed by atoms with Crippen molar-refractivity contribution in [3.05, 3.63) is 29.8 Å². The van der Waals surface area contributed by atoms with Gasteiger partial charge in [-0.15, -0.1) is 0 Å². The van der Waals surface area contributed by atoms with Crippen LogP contribution in [-0.4, -0.2) is 59.8 Å². The highest BCUT2D eigenvalue weighted by atomic mass is 16.7. The van der Waals surface area contributed by atoms with Crippen molar-refractivity contribution in [1.29, 1.82) is 0 Å². The van der Waals surface area contributed by atoms with Crippen molar-refractivity contribution in [3.63, 3.8) is 0 Å². The molecule has 1 aromatic rings. The summed E-state index contributed by atoms with van der Waals surface area (Å²) in [6, 6.07) is 7.35. The van der Waals surface area contributed by atoms with Crippen LogP contribution >= 0.6 is 0 Å². The van der Waals surface area contributed by atoms with Crippen LogP contribution in [0.1, 0.15) is 59.1 Å². The lowest BCUT2D eigenvalue weighted by Gasteiger charge is -2.29. The van der Waals surface area contributed by atoms with Crippen LogP contribution in [0.2, 0.25) is 0 Å². The Bertz CT molecular complexity index is 687. The fourth-order valence-corrected chi connectivity index (χ4v) is 2.84. The third-order valence-electron chi connectivity index (χ3n) is 4.58. The topological polar surface area (TPSA) is 94.5 Å². The molecule has 0 aromatic heterocycles. The van der Waals surface area contributed by atoms with E-state index in [0.717, 1.165) is 18.4 Å². The molecule has 0 aliphatic heterocycles. The number of hydrogen-bond donors (Lipinski definition) is 1. The number of benzene rings is 1. The quantitative estimate of drug-likeness (QED) is 0.430. The third-order valence-corrected chi connectivity index (χ3v) is 4.58. The Morgan fingerprint density at radius 2 is 1.73 bits per heavy atom. The van der Waals surface area contributed by atoms with Crippen molar-refractivity contribution in [2.75, 3.05) is 13.2 Å². The van der Waals surface area contributed by atoms with Crippen molar-refractivity contribution < 1.29 is 33.6 Å². The molecule has 1 aliphatic rings. The van der Waals surface area contributed by atoms with Gasteiger partial charge in [0.2, 0.25) is 6.29 Å². The number of hydrogen-bond acceptors (Lipinski definition) is 7. The van der Waals surface area contributed by atoms with E-state index < -0.39 is 24.5 Å². The van der Waals surface area contributed by atoms with Crippen LogP contribution < -0.4 is 4.74 Å². The SMILES string of the molecule is CC(=O)OC(C)OC(=O)N(CC(O)COc1ccc(C(C)OC2CC2)cc1)C(C)C. The molecule has 1 saturated carbocycles. The number of ether oxygens (including phenoxy) is 4. The van der Waals surface area contributed by atoms with Gasteiger partial charge in [-0.2, -0.15) is 0 Å². The van der Waals surface area contributed by atoms with Gasteiger partial charge in [0.05, 0.1) is 18.8 Å². The summed E-state index contributed by atoms with van der Waals surface area (Å²) in [6.45, 7) is 8.36. The number of carbonyl (C=O) groups excluding carboxylic acids is 2. The molecule has 1 amide bonds. The molecule has 0 saturated heterocycles. The van der Waals surface area contributed by atoms with Crippen LogP contribution in [0.5, 0.6) is 5.75 Å². The van der Waals surface area contributed by atoms with Crippen LogP contribution in [0.3, 0.4) is 0 Å². The standard InChI is InChI=1S/C22H33NO7/c1-14(2)23(22(26)30-17(5)29-16(4)24)12-19(25)13-27-20-8-6-18(7-9-20)15(3)28-21-10-11-21/h6-9,14-15,17,19,21,25H,10-13H2,1-5H3. The van der Waals surface area contributed by atoms with Gasteiger partial charge in [0, 0.05) is 19.9 Å². The van der Waals surface area contributed by atoms with E-state index in [1.54, 1.807) is 13.8 Å². The largest absolute Gasteiger partial charge is 0.491 e. The van der Waals surface area contributed by atoms with E-state index in [1.807, 2.05) is 31.2 Å². The molecule has 0 spiro atoms. The molecule has 1 fully saturated rings. The lowest BCUT2D eigenvalue weighted by molar-refractivity contribution is -0.163. The lowest BCUT2D eigenvalue weighted by atomic mass is 10.1. The fourth-order valence-electron chi connectivity index (χ4n) is 2.84. The van der Waals surface area contributed by atoms with Crippen molar-refractivity contribution in [1.82, 2.24) is 4.90 Å². The molecule has 3 unspecified atom stereocenters. The van der Waals surface area contributed by atoms with Gasteiger partial charge in [-0.1, -0.05) is 12.1 Å².